The Balaban J connectivity index is 1.93. The second-order valence-electron chi connectivity index (χ2n) is 7.83. The second kappa shape index (κ2) is 11.5. The van der Waals surface area contributed by atoms with Crippen molar-refractivity contribution in [1.29, 1.82) is 0 Å². The summed E-state index contributed by atoms with van der Waals surface area (Å²) < 4.78 is 0. The van der Waals surface area contributed by atoms with E-state index in [1.165, 1.54) is 103 Å². The van der Waals surface area contributed by atoms with Gasteiger partial charge in [-0.25, -0.2) is 0 Å². The molecule has 0 radical (unpaired) electrons. The molecule has 1 saturated carbocycles. The highest BCUT2D eigenvalue weighted by atomic mass is 14.7. The van der Waals surface area contributed by atoms with Gasteiger partial charge >= 0.3 is 0 Å². The number of rotatable bonds is 11. The van der Waals surface area contributed by atoms with Crippen LogP contribution in [-0.2, 0) is 0 Å². The van der Waals surface area contributed by atoms with E-state index < -0.39 is 0 Å². The highest BCUT2D eigenvalue weighted by Crippen LogP contribution is 2.32. The van der Waals surface area contributed by atoms with Gasteiger partial charge in [-0.05, 0) is 31.6 Å². The average Bonchev–Trinajstić information content (AvgIpc) is 2.63. The minimum absolute atomic E-state index is 0.185. The quantitative estimate of drug-likeness (QED) is 0.337. The fourth-order valence-electron chi connectivity index (χ4n) is 3.82. The van der Waals surface area contributed by atoms with Gasteiger partial charge in [0.05, 0.1) is 0 Å². The van der Waals surface area contributed by atoms with E-state index in [1.54, 1.807) is 0 Å². The molecule has 1 fully saturated rings. The summed E-state index contributed by atoms with van der Waals surface area (Å²) >= 11 is 0. The van der Waals surface area contributed by atoms with Crippen LogP contribution in [0, 0.1) is 5.92 Å². The van der Waals surface area contributed by atoms with Crippen LogP contribution in [0.4, 0.5) is 0 Å². The van der Waals surface area contributed by atoms with Gasteiger partial charge in [-0.3, -0.25) is 0 Å². The van der Waals surface area contributed by atoms with E-state index in [4.69, 9.17) is 5.73 Å². The first-order valence-electron chi connectivity index (χ1n) is 9.95. The highest BCUT2D eigenvalue weighted by Gasteiger charge is 2.27. The largest absolute Gasteiger partial charge is 0.325 e. The molecule has 0 saturated heterocycles. The van der Waals surface area contributed by atoms with Crippen LogP contribution in [0.3, 0.4) is 0 Å². The Morgan fingerprint density at radius 1 is 0.810 bits per heavy atom. The lowest BCUT2D eigenvalue weighted by molar-refractivity contribution is 0.327. The van der Waals surface area contributed by atoms with Crippen molar-refractivity contribution in [2.75, 3.05) is 0 Å². The molecule has 1 aliphatic rings. The van der Waals surface area contributed by atoms with Gasteiger partial charge in [0.25, 0.3) is 0 Å². The first kappa shape index (κ1) is 19.0. The van der Waals surface area contributed by atoms with Crippen molar-refractivity contribution in [3.05, 3.63) is 0 Å². The van der Waals surface area contributed by atoms with Gasteiger partial charge in [0, 0.05) is 5.54 Å². The van der Waals surface area contributed by atoms with Crippen LogP contribution in [0.5, 0.6) is 0 Å². The number of hydrogen-bond acceptors (Lipinski definition) is 1. The zero-order valence-electron chi connectivity index (χ0n) is 15.0. The molecule has 0 aromatic carbocycles. The van der Waals surface area contributed by atoms with Crippen molar-refractivity contribution < 1.29 is 0 Å². The number of unbranched alkanes of at least 4 members (excludes halogenated alkanes) is 9. The van der Waals surface area contributed by atoms with E-state index in [-0.39, 0.29) is 5.54 Å². The molecule has 0 aliphatic heterocycles. The summed E-state index contributed by atoms with van der Waals surface area (Å²) in [4.78, 5) is 0. The number of nitrogens with two attached hydrogens (primary N) is 1. The SMILES string of the molecule is CCCCCCCCCCCCC1(N)CCCC(C)CC1. The summed E-state index contributed by atoms with van der Waals surface area (Å²) in [6.45, 7) is 4.69. The third-order valence-electron chi connectivity index (χ3n) is 5.53. The van der Waals surface area contributed by atoms with Crippen molar-refractivity contribution in [1.82, 2.24) is 0 Å². The maximum absolute atomic E-state index is 6.63. The fraction of sp³-hybridized carbons (Fsp3) is 1.00. The molecule has 126 valence electrons. The van der Waals surface area contributed by atoms with Crippen molar-refractivity contribution in [2.24, 2.45) is 11.7 Å². The van der Waals surface area contributed by atoms with Gasteiger partial charge < -0.3 is 5.73 Å². The van der Waals surface area contributed by atoms with Gasteiger partial charge in [-0.2, -0.15) is 0 Å². The Bertz CT molecular complexity index is 238. The normalized spacial score (nSPS) is 26.7. The molecule has 0 amide bonds. The lowest BCUT2D eigenvalue weighted by Gasteiger charge is -2.28. The van der Waals surface area contributed by atoms with Crippen LogP contribution in [0.25, 0.3) is 0 Å². The lowest BCUT2D eigenvalue weighted by Crippen LogP contribution is -2.39. The van der Waals surface area contributed by atoms with Gasteiger partial charge in [-0.15, -0.1) is 0 Å². The van der Waals surface area contributed by atoms with Gasteiger partial charge in [0.2, 0.25) is 0 Å². The van der Waals surface area contributed by atoms with E-state index in [9.17, 15) is 0 Å². The Labute approximate surface area is 134 Å². The van der Waals surface area contributed by atoms with Gasteiger partial charge in [0.15, 0.2) is 0 Å². The molecule has 1 aliphatic carbocycles. The summed E-state index contributed by atoms with van der Waals surface area (Å²) in [7, 11) is 0. The molecule has 2 atom stereocenters. The molecule has 0 bridgehead atoms. The topological polar surface area (TPSA) is 26.0 Å². The third kappa shape index (κ3) is 9.55. The molecule has 2 unspecified atom stereocenters. The highest BCUT2D eigenvalue weighted by molar-refractivity contribution is 4.87. The molecule has 1 nitrogen and oxygen atoms in total. The first-order valence-corrected chi connectivity index (χ1v) is 9.95. The predicted octanol–water partition coefficient (Wildman–Crippen LogP) is 6.60. The smallest absolute Gasteiger partial charge is 0.0154 e. The van der Waals surface area contributed by atoms with Gasteiger partial charge in [-0.1, -0.05) is 90.9 Å². The van der Waals surface area contributed by atoms with E-state index in [1.807, 2.05) is 0 Å². The summed E-state index contributed by atoms with van der Waals surface area (Å²) in [5.74, 6) is 0.906. The molecule has 0 aromatic rings. The maximum Gasteiger partial charge on any atom is 0.0154 e. The van der Waals surface area contributed by atoms with Crippen LogP contribution < -0.4 is 5.73 Å². The standard InChI is InChI=1S/C20H41N/c1-3-4-5-6-7-8-9-10-11-12-16-20(21)17-13-14-19(2)15-18-20/h19H,3-18,21H2,1-2H3. The minimum atomic E-state index is 0.185. The Morgan fingerprint density at radius 3 is 2.00 bits per heavy atom. The fourth-order valence-corrected chi connectivity index (χ4v) is 3.82. The molecule has 21 heavy (non-hydrogen) atoms. The van der Waals surface area contributed by atoms with Crippen LogP contribution in [-0.4, -0.2) is 5.54 Å². The predicted molar refractivity (Wildman–Crippen MR) is 95.6 cm³/mol. The Kier molecular flexibility index (Phi) is 10.4. The Morgan fingerprint density at radius 2 is 1.38 bits per heavy atom. The van der Waals surface area contributed by atoms with E-state index in [2.05, 4.69) is 13.8 Å². The van der Waals surface area contributed by atoms with Crippen molar-refractivity contribution in [3.8, 4) is 0 Å². The second-order valence-corrected chi connectivity index (χ2v) is 7.83. The summed E-state index contributed by atoms with van der Waals surface area (Å²) in [6.07, 6.45) is 22.2. The molecule has 0 aromatic heterocycles. The van der Waals surface area contributed by atoms with Crippen molar-refractivity contribution >= 4 is 0 Å². The lowest BCUT2D eigenvalue weighted by atomic mass is 9.85. The summed E-state index contributed by atoms with van der Waals surface area (Å²) in [5, 5.41) is 0. The molecule has 2 N–H and O–H groups in total. The minimum Gasteiger partial charge on any atom is -0.325 e. The molecule has 0 spiro atoms. The van der Waals surface area contributed by atoms with Crippen LogP contribution in [0.2, 0.25) is 0 Å². The zero-order valence-corrected chi connectivity index (χ0v) is 15.0. The van der Waals surface area contributed by atoms with Gasteiger partial charge in [0.1, 0.15) is 0 Å². The zero-order chi connectivity index (χ0) is 15.4. The Hall–Kier alpha value is -0.0400. The van der Waals surface area contributed by atoms with Crippen LogP contribution in [0.1, 0.15) is 117 Å². The maximum atomic E-state index is 6.63. The molecular weight excluding hydrogens is 254 g/mol. The number of hydrogen-bond donors (Lipinski definition) is 1. The van der Waals surface area contributed by atoms with Crippen molar-refractivity contribution in [2.45, 2.75) is 122 Å². The third-order valence-corrected chi connectivity index (χ3v) is 5.53. The first-order chi connectivity index (χ1) is 10.2. The van der Waals surface area contributed by atoms with Crippen molar-refractivity contribution in [3.63, 3.8) is 0 Å². The van der Waals surface area contributed by atoms with E-state index >= 15 is 0 Å². The van der Waals surface area contributed by atoms with Crippen LogP contribution >= 0.6 is 0 Å². The monoisotopic (exact) mass is 295 g/mol. The molecule has 1 rings (SSSR count). The molecular formula is C20H41N. The molecule has 1 heteroatoms. The average molecular weight is 296 g/mol. The van der Waals surface area contributed by atoms with E-state index in [0.717, 1.165) is 5.92 Å². The van der Waals surface area contributed by atoms with E-state index in [0.29, 0.717) is 0 Å². The summed E-state index contributed by atoms with van der Waals surface area (Å²) in [6, 6.07) is 0. The molecule has 0 heterocycles. The summed E-state index contributed by atoms with van der Waals surface area (Å²) in [5.41, 5.74) is 6.82. The van der Waals surface area contributed by atoms with Crippen LogP contribution in [0.15, 0.2) is 0 Å².